The molecule has 5 heteroatoms. The van der Waals surface area contributed by atoms with Gasteiger partial charge in [-0.15, -0.1) is 0 Å². The zero-order chi connectivity index (χ0) is 14.5. The van der Waals surface area contributed by atoms with Crippen LogP contribution in [-0.2, 0) is 6.42 Å². The van der Waals surface area contributed by atoms with Crippen LogP contribution in [0, 0.1) is 11.6 Å². The Kier molecular flexibility index (Phi) is 4.93. The number of aliphatic hydroxyl groups excluding tert-OH is 1. The van der Waals surface area contributed by atoms with E-state index in [0.717, 1.165) is 12.1 Å². The van der Waals surface area contributed by atoms with Crippen LogP contribution in [0.4, 0.5) is 8.78 Å². The summed E-state index contributed by atoms with van der Waals surface area (Å²) < 4.78 is 32.2. The fraction of sp³-hybridized carbons (Fsp3) is 0.200. The summed E-state index contributed by atoms with van der Waals surface area (Å²) in [6.07, 6.45) is -1.17. The number of aliphatic hydroxyl groups is 1. The van der Waals surface area contributed by atoms with E-state index in [-0.39, 0.29) is 18.6 Å². The molecule has 2 rings (SSSR count). The number of ether oxygens (including phenoxy) is 1. The third-order valence-corrected chi connectivity index (χ3v) is 2.98. The molecule has 2 aromatic carbocycles. The van der Waals surface area contributed by atoms with E-state index in [1.807, 2.05) is 0 Å². The van der Waals surface area contributed by atoms with Gasteiger partial charge in [0.25, 0.3) is 0 Å². The average molecular weight is 299 g/mol. The summed E-state index contributed by atoms with van der Waals surface area (Å²) in [5, 5.41) is 10.3. The van der Waals surface area contributed by atoms with Crippen molar-refractivity contribution in [3.05, 3.63) is 64.7 Å². The van der Waals surface area contributed by atoms with Crippen molar-refractivity contribution in [1.29, 1.82) is 0 Å². The molecular formula is C15H13ClF2O2. The van der Waals surface area contributed by atoms with E-state index < -0.39 is 17.7 Å². The Hall–Kier alpha value is -1.65. The van der Waals surface area contributed by atoms with Crippen molar-refractivity contribution in [3.8, 4) is 5.75 Å². The summed E-state index contributed by atoms with van der Waals surface area (Å²) in [6.45, 7) is -0.0753. The van der Waals surface area contributed by atoms with E-state index in [1.165, 1.54) is 6.07 Å². The maximum Gasteiger partial charge on any atom is 0.129 e. The minimum atomic E-state index is -1.01. The third kappa shape index (κ3) is 3.92. The van der Waals surface area contributed by atoms with Crippen LogP contribution in [-0.4, -0.2) is 17.8 Å². The molecule has 0 bridgehead atoms. The Morgan fingerprint density at radius 1 is 1.10 bits per heavy atom. The van der Waals surface area contributed by atoms with Gasteiger partial charge in [0, 0.05) is 17.0 Å². The Morgan fingerprint density at radius 2 is 1.75 bits per heavy atom. The van der Waals surface area contributed by atoms with Crippen LogP contribution in [0.25, 0.3) is 0 Å². The largest absolute Gasteiger partial charge is 0.491 e. The molecule has 0 saturated carbocycles. The maximum absolute atomic E-state index is 13.4. The zero-order valence-electron chi connectivity index (χ0n) is 10.5. The molecule has 106 valence electrons. The van der Waals surface area contributed by atoms with Crippen molar-refractivity contribution in [2.75, 3.05) is 6.61 Å². The van der Waals surface area contributed by atoms with Gasteiger partial charge in [-0.1, -0.05) is 23.7 Å². The van der Waals surface area contributed by atoms with Gasteiger partial charge in [0.15, 0.2) is 0 Å². The van der Waals surface area contributed by atoms with Gasteiger partial charge < -0.3 is 9.84 Å². The van der Waals surface area contributed by atoms with Crippen LogP contribution >= 0.6 is 11.6 Å². The van der Waals surface area contributed by atoms with Crippen LogP contribution in [0.1, 0.15) is 5.56 Å². The van der Waals surface area contributed by atoms with Gasteiger partial charge >= 0.3 is 0 Å². The fourth-order valence-electron chi connectivity index (χ4n) is 1.77. The molecule has 0 fully saturated rings. The van der Waals surface area contributed by atoms with Crippen LogP contribution < -0.4 is 4.74 Å². The number of rotatable bonds is 5. The first-order valence-electron chi connectivity index (χ1n) is 6.05. The first-order chi connectivity index (χ1) is 9.56. The van der Waals surface area contributed by atoms with E-state index in [4.69, 9.17) is 16.3 Å². The molecule has 2 nitrogen and oxygen atoms in total. The van der Waals surface area contributed by atoms with Crippen LogP contribution in [0.5, 0.6) is 5.75 Å². The second kappa shape index (κ2) is 6.68. The van der Waals surface area contributed by atoms with E-state index >= 15 is 0 Å². The predicted molar refractivity (Wildman–Crippen MR) is 73.0 cm³/mol. The van der Waals surface area contributed by atoms with E-state index in [9.17, 15) is 13.9 Å². The lowest BCUT2D eigenvalue weighted by Crippen LogP contribution is -2.21. The molecule has 0 heterocycles. The number of benzene rings is 2. The van der Waals surface area contributed by atoms with Gasteiger partial charge in [-0.2, -0.15) is 0 Å². The van der Waals surface area contributed by atoms with Crippen molar-refractivity contribution in [2.45, 2.75) is 12.5 Å². The maximum atomic E-state index is 13.4. The Bertz CT molecular complexity index is 570. The minimum Gasteiger partial charge on any atom is -0.491 e. The lowest BCUT2D eigenvalue weighted by atomic mass is 10.1. The van der Waals surface area contributed by atoms with Crippen molar-refractivity contribution >= 4 is 11.6 Å². The van der Waals surface area contributed by atoms with Crippen LogP contribution in [0.3, 0.4) is 0 Å². The van der Waals surface area contributed by atoms with Crippen molar-refractivity contribution < 1.29 is 18.6 Å². The highest BCUT2D eigenvalue weighted by molar-refractivity contribution is 6.30. The molecular weight excluding hydrogens is 286 g/mol. The summed E-state index contributed by atoms with van der Waals surface area (Å²) in [7, 11) is 0. The van der Waals surface area contributed by atoms with Crippen LogP contribution in [0.15, 0.2) is 42.5 Å². The molecule has 0 spiro atoms. The monoisotopic (exact) mass is 298 g/mol. The van der Waals surface area contributed by atoms with Crippen LogP contribution in [0.2, 0.25) is 5.02 Å². The summed E-state index contributed by atoms with van der Waals surface area (Å²) in [5.74, 6) is -0.857. The lowest BCUT2D eigenvalue weighted by Gasteiger charge is -2.13. The molecule has 0 saturated heterocycles. The predicted octanol–water partition coefficient (Wildman–Crippen LogP) is 3.60. The van der Waals surface area contributed by atoms with Gasteiger partial charge in [0.05, 0.1) is 6.10 Å². The standard InChI is InChI=1S/C15H13ClF2O2/c16-10-3-1-4-12(7-10)20-9-11(19)8-13-14(17)5-2-6-15(13)18/h1-7,11,19H,8-9H2. The van der Waals surface area contributed by atoms with E-state index in [1.54, 1.807) is 24.3 Å². The van der Waals surface area contributed by atoms with E-state index in [2.05, 4.69) is 0 Å². The molecule has 0 aliphatic carbocycles. The minimum absolute atomic E-state index is 0.0753. The molecule has 0 aliphatic rings. The Labute approximate surface area is 120 Å². The fourth-order valence-corrected chi connectivity index (χ4v) is 1.95. The molecule has 0 radical (unpaired) electrons. The van der Waals surface area contributed by atoms with Gasteiger partial charge in [-0.05, 0) is 30.3 Å². The van der Waals surface area contributed by atoms with Gasteiger partial charge in [0.2, 0.25) is 0 Å². The molecule has 0 aromatic heterocycles. The molecule has 2 aromatic rings. The summed E-state index contributed by atoms with van der Waals surface area (Å²) in [5.41, 5.74) is -0.144. The van der Waals surface area contributed by atoms with Crippen molar-refractivity contribution in [1.82, 2.24) is 0 Å². The second-order valence-corrected chi connectivity index (χ2v) is 4.76. The smallest absolute Gasteiger partial charge is 0.129 e. The van der Waals surface area contributed by atoms with Gasteiger partial charge in [-0.3, -0.25) is 0 Å². The average Bonchev–Trinajstić information content (AvgIpc) is 2.41. The Morgan fingerprint density at radius 3 is 2.40 bits per heavy atom. The van der Waals surface area contributed by atoms with Gasteiger partial charge in [0.1, 0.15) is 24.0 Å². The molecule has 1 N–H and O–H groups in total. The van der Waals surface area contributed by atoms with E-state index in [0.29, 0.717) is 10.8 Å². The first-order valence-corrected chi connectivity index (χ1v) is 6.43. The lowest BCUT2D eigenvalue weighted by molar-refractivity contribution is 0.106. The summed E-state index contributed by atoms with van der Waals surface area (Å²) in [4.78, 5) is 0. The highest BCUT2D eigenvalue weighted by atomic mass is 35.5. The molecule has 0 aliphatic heterocycles. The van der Waals surface area contributed by atoms with Crippen molar-refractivity contribution in [2.24, 2.45) is 0 Å². The molecule has 1 atom stereocenters. The number of hydrogen-bond donors (Lipinski definition) is 1. The highest BCUT2D eigenvalue weighted by Gasteiger charge is 2.14. The zero-order valence-corrected chi connectivity index (χ0v) is 11.3. The SMILES string of the molecule is OC(COc1cccc(Cl)c1)Cc1c(F)cccc1F. The van der Waals surface area contributed by atoms with Crippen molar-refractivity contribution in [3.63, 3.8) is 0 Å². The third-order valence-electron chi connectivity index (χ3n) is 2.74. The molecule has 1 unspecified atom stereocenters. The first kappa shape index (κ1) is 14.8. The summed E-state index contributed by atoms with van der Waals surface area (Å²) >= 11 is 5.79. The molecule has 0 amide bonds. The molecule has 20 heavy (non-hydrogen) atoms. The van der Waals surface area contributed by atoms with Gasteiger partial charge in [-0.25, -0.2) is 8.78 Å². The number of hydrogen-bond acceptors (Lipinski definition) is 2. The highest BCUT2D eigenvalue weighted by Crippen LogP contribution is 2.18. The summed E-state index contributed by atoms with van der Waals surface area (Å²) in [6, 6.07) is 10.3. The number of halogens is 3. The normalized spacial score (nSPS) is 12.2. The second-order valence-electron chi connectivity index (χ2n) is 4.33. The topological polar surface area (TPSA) is 29.5 Å². The quantitative estimate of drug-likeness (QED) is 0.914. The Balaban J connectivity index is 1.94.